The fourth-order valence-electron chi connectivity index (χ4n) is 2.60. The molecule has 2 rings (SSSR count). The largest absolute Gasteiger partial charge is 0.493 e. The first-order valence-corrected chi connectivity index (χ1v) is 7.23. The molecule has 5 heteroatoms. The Morgan fingerprint density at radius 2 is 2.00 bits per heavy atom. The second kappa shape index (κ2) is 6.84. The Balaban J connectivity index is 2.07. The van der Waals surface area contributed by atoms with E-state index in [0.717, 1.165) is 6.54 Å². The summed E-state index contributed by atoms with van der Waals surface area (Å²) in [6, 6.07) is 3.25. The lowest BCUT2D eigenvalue weighted by atomic mass is 10.1. The van der Waals surface area contributed by atoms with Crippen molar-refractivity contribution >= 4 is 17.5 Å². The van der Waals surface area contributed by atoms with E-state index < -0.39 is 0 Å². The van der Waals surface area contributed by atoms with Crippen LogP contribution in [0, 0.1) is 5.92 Å². The highest BCUT2D eigenvalue weighted by Gasteiger charge is 2.18. The van der Waals surface area contributed by atoms with Crippen molar-refractivity contribution in [3.8, 4) is 11.5 Å². The number of rotatable bonds is 5. The SMILES string of the molecule is COc1cc(C(=O)NCC2CCCC2)cc(Cl)c1OC. The Bertz CT molecular complexity index is 484. The van der Waals surface area contributed by atoms with E-state index in [1.54, 1.807) is 12.1 Å². The molecule has 1 fully saturated rings. The van der Waals surface area contributed by atoms with Gasteiger partial charge in [0.1, 0.15) is 0 Å². The highest BCUT2D eigenvalue weighted by atomic mass is 35.5. The number of amides is 1. The summed E-state index contributed by atoms with van der Waals surface area (Å²) in [6.45, 7) is 0.727. The van der Waals surface area contributed by atoms with Crippen molar-refractivity contribution in [1.82, 2.24) is 5.32 Å². The van der Waals surface area contributed by atoms with Gasteiger partial charge in [0, 0.05) is 12.1 Å². The quantitative estimate of drug-likeness (QED) is 0.907. The van der Waals surface area contributed by atoms with Gasteiger partial charge >= 0.3 is 0 Å². The number of carbonyl (C=O) groups excluding carboxylic acids is 1. The van der Waals surface area contributed by atoms with E-state index in [-0.39, 0.29) is 5.91 Å². The molecule has 1 N–H and O–H groups in total. The minimum atomic E-state index is -0.125. The third-order valence-corrected chi connectivity index (χ3v) is 4.00. The minimum Gasteiger partial charge on any atom is -0.493 e. The molecular weight excluding hydrogens is 278 g/mol. The molecular formula is C15H20ClNO3. The van der Waals surface area contributed by atoms with Crippen LogP contribution in [0.5, 0.6) is 11.5 Å². The summed E-state index contributed by atoms with van der Waals surface area (Å²) in [6.07, 6.45) is 4.94. The van der Waals surface area contributed by atoms with Gasteiger partial charge in [0.15, 0.2) is 11.5 Å². The highest BCUT2D eigenvalue weighted by Crippen LogP contribution is 2.36. The molecule has 0 aromatic heterocycles. The van der Waals surface area contributed by atoms with Crippen LogP contribution in [0.1, 0.15) is 36.0 Å². The van der Waals surface area contributed by atoms with E-state index in [0.29, 0.717) is 28.0 Å². The second-order valence-corrected chi connectivity index (χ2v) is 5.46. The van der Waals surface area contributed by atoms with Crippen molar-refractivity contribution in [3.05, 3.63) is 22.7 Å². The molecule has 1 aliphatic rings. The van der Waals surface area contributed by atoms with Crippen molar-refractivity contribution in [2.45, 2.75) is 25.7 Å². The molecule has 0 spiro atoms. The number of methoxy groups -OCH3 is 2. The van der Waals surface area contributed by atoms with Gasteiger partial charge in [0.05, 0.1) is 19.2 Å². The van der Waals surface area contributed by atoms with Crippen LogP contribution in [0.4, 0.5) is 0 Å². The third kappa shape index (κ3) is 3.37. The molecule has 0 saturated heterocycles. The molecule has 4 nitrogen and oxygen atoms in total. The number of benzene rings is 1. The topological polar surface area (TPSA) is 47.6 Å². The molecule has 110 valence electrons. The van der Waals surface area contributed by atoms with Crippen LogP contribution in [-0.4, -0.2) is 26.7 Å². The van der Waals surface area contributed by atoms with E-state index in [9.17, 15) is 4.79 Å². The van der Waals surface area contributed by atoms with E-state index >= 15 is 0 Å². The number of ether oxygens (including phenoxy) is 2. The second-order valence-electron chi connectivity index (χ2n) is 5.05. The molecule has 20 heavy (non-hydrogen) atoms. The average Bonchev–Trinajstić information content (AvgIpc) is 2.97. The first-order chi connectivity index (χ1) is 9.65. The van der Waals surface area contributed by atoms with Crippen molar-refractivity contribution in [1.29, 1.82) is 0 Å². The molecule has 1 aromatic carbocycles. The molecule has 0 bridgehead atoms. The van der Waals surface area contributed by atoms with E-state index in [1.165, 1.54) is 39.9 Å². The lowest BCUT2D eigenvalue weighted by molar-refractivity contribution is 0.0947. The number of nitrogens with one attached hydrogen (secondary N) is 1. The number of hydrogen-bond donors (Lipinski definition) is 1. The Morgan fingerprint density at radius 3 is 2.60 bits per heavy atom. The monoisotopic (exact) mass is 297 g/mol. The van der Waals surface area contributed by atoms with Crippen LogP contribution in [0.2, 0.25) is 5.02 Å². The lowest BCUT2D eigenvalue weighted by Crippen LogP contribution is -2.28. The van der Waals surface area contributed by atoms with Gasteiger partial charge in [-0.05, 0) is 30.9 Å². The van der Waals surface area contributed by atoms with Crippen molar-refractivity contribution in [2.24, 2.45) is 5.92 Å². The Morgan fingerprint density at radius 1 is 1.30 bits per heavy atom. The zero-order valence-corrected chi connectivity index (χ0v) is 12.6. The summed E-state index contributed by atoms with van der Waals surface area (Å²) in [7, 11) is 3.04. The summed E-state index contributed by atoms with van der Waals surface area (Å²) in [5.74, 6) is 1.39. The van der Waals surface area contributed by atoms with Crippen molar-refractivity contribution < 1.29 is 14.3 Å². The smallest absolute Gasteiger partial charge is 0.251 e. The van der Waals surface area contributed by atoms with Crippen LogP contribution < -0.4 is 14.8 Å². The maximum absolute atomic E-state index is 12.2. The Hall–Kier alpha value is -1.42. The van der Waals surface area contributed by atoms with Gasteiger partial charge in [-0.15, -0.1) is 0 Å². The molecule has 1 saturated carbocycles. The van der Waals surface area contributed by atoms with E-state index in [1.807, 2.05) is 0 Å². The predicted molar refractivity (Wildman–Crippen MR) is 78.8 cm³/mol. The highest BCUT2D eigenvalue weighted by molar-refractivity contribution is 6.32. The first kappa shape index (κ1) is 15.0. The maximum atomic E-state index is 12.2. The minimum absolute atomic E-state index is 0.125. The van der Waals surface area contributed by atoms with Gasteiger partial charge in [0.2, 0.25) is 0 Å². The van der Waals surface area contributed by atoms with Gasteiger partial charge in [-0.25, -0.2) is 0 Å². The summed E-state index contributed by atoms with van der Waals surface area (Å²) < 4.78 is 10.4. The molecule has 1 amide bonds. The van der Waals surface area contributed by atoms with Crippen LogP contribution in [0.3, 0.4) is 0 Å². The van der Waals surface area contributed by atoms with Crippen LogP contribution in [0.15, 0.2) is 12.1 Å². The molecule has 1 aromatic rings. The summed E-state index contributed by atoms with van der Waals surface area (Å²) >= 11 is 6.10. The normalized spacial score (nSPS) is 15.2. The fourth-order valence-corrected chi connectivity index (χ4v) is 2.89. The number of halogens is 1. The van der Waals surface area contributed by atoms with Gasteiger partial charge < -0.3 is 14.8 Å². The average molecular weight is 298 g/mol. The fraction of sp³-hybridized carbons (Fsp3) is 0.533. The first-order valence-electron chi connectivity index (χ1n) is 6.85. The zero-order chi connectivity index (χ0) is 14.5. The predicted octanol–water partition coefficient (Wildman–Crippen LogP) is 3.28. The molecule has 0 atom stereocenters. The van der Waals surface area contributed by atoms with Gasteiger partial charge in [-0.1, -0.05) is 24.4 Å². The van der Waals surface area contributed by atoms with E-state index in [2.05, 4.69) is 5.32 Å². The maximum Gasteiger partial charge on any atom is 0.251 e. The molecule has 0 aliphatic heterocycles. The van der Waals surface area contributed by atoms with Gasteiger partial charge in [-0.3, -0.25) is 4.79 Å². The third-order valence-electron chi connectivity index (χ3n) is 3.72. The standard InChI is InChI=1S/C15H20ClNO3/c1-19-13-8-11(7-12(16)14(13)20-2)15(18)17-9-10-5-3-4-6-10/h7-8,10H,3-6,9H2,1-2H3,(H,17,18). The Labute approximate surface area is 124 Å². The lowest BCUT2D eigenvalue weighted by Gasteiger charge is -2.13. The summed E-state index contributed by atoms with van der Waals surface area (Å²) in [5.41, 5.74) is 0.491. The number of carbonyl (C=O) groups is 1. The van der Waals surface area contributed by atoms with Crippen LogP contribution in [0.25, 0.3) is 0 Å². The van der Waals surface area contributed by atoms with E-state index in [4.69, 9.17) is 21.1 Å². The van der Waals surface area contributed by atoms with Crippen molar-refractivity contribution in [3.63, 3.8) is 0 Å². The van der Waals surface area contributed by atoms with Crippen molar-refractivity contribution in [2.75, 3.05) is 20.8 Å². The number of hydrogen-bond acceptors (Lipinski definition) is 3. The molecule has 0 heterocycles. The van der Waals surface area contributed by atoms with Crippen LogP contribution in [-0.2, 0) is 0 Å². The molecule has 1 aliphatic carbocycles. The summed E-state index contributed by atoms with van der Waals surface area (Å²) in [4.78, 5) is 12.2. The summed E-state index contributed by atoms with van der Waals surface area (Å²) in [5, 5.41) is 3.34. The molecule has 0 unspecified atom stereocenters. The zero-order valence-electron chi connectivity index (χ0n) is 11.9. The van der Waals surface area contributed by atoms with Gasteiger partial charge in [-0.2, -0.15) is 0 Å². The van der Waals surface area contributed by atoms with Gasteiger partial charge in [0.25, 0.3) is 5.91 Å². The molecule has 0 radical (unpaired) electrons. The van der Waals surface area contributed by atoms with Crippen LogP contribution >= 0.6 is 11.6 Å². The Kier molecular flexibility index (Phi) is 5.12.